The molecule has 0 bridgehead atoms. The van der Waals surface area contributed by atoms with Crippen LogP contribution < -0.4 is 0 Å². The van der Waals surface area contributed by atoms with E-state index in [2.05, 4.69) is 4.98 Å². The molecule has 13 heavy (non-hydrogen) atoms. The highest BCUT2D eigenvalue weighted by Gasteiger charge is 2.05. The predicted octanol–water partition coefficient (Wildman–Crippen LogP) is 1.57. The number of Topliss-reactive ketones (excluding diaryl/α,β-unsaturated/α-hetero) is 1. The maximum Gasteiger partial charge on any atom is 0.180 e. The number of carbonyl (C=O) groups excluding carboxylic acids is 1. The zero-order valence-corrected chi connectivity index (χ0v) is 8.73. The summed E-state index contributed by atoms with van der Waals surface area (Å²) in [5.74, 6) is 0.175. The van der Waals surface area contributed by atoms with E-state index in [1.165, 1.54) is 0 Å². The summed E-state index contributed by atoms with van der Waals surface area (Å²) < 4.78 is 0. The first kappa shape index (κ1) is 12.2. The van der Waals surface area contributed by atoms with E-state index in [0.29, 0.717) is 12.1 Å². The predicted molar refractivity (Wildman–Crippen MR) is 55.5 cm³/mol. The Bertz CT molecular complexity index is 244. The Kier molecular flexibility index (Phi) is 5.42. The summed E-state index contributed by atoms with van der Waals surface area (Å²) in [4.78, 5) is 16.2. The van der Waals surface area contributed by atoms with Crippen LogP contribution in [0.4, 0.5) is 0 Å². The van der Waals surface area contributed by atoms with Crippen molar-refractivity contribution in [1.29, 1.82) is 0 Å². The van der Waals surface area contributed by atoms with E-state index in [1.807, 2.05) is 25.1 Å². The second-order valence-corrected chi connectivity index (χ2v) is 3.06. The van der Waals surface area contributed by atoms with Gasteiger partial charge in [-0.15, -0.1) is 12.4 Å². The van der Waals surface area contributed by atoms with Crippen molar-refractivity contribution in [3.05, 3.63) is 24.0 Å². The first-order chi connectivity index (χ1) is 5.70. The van der Waals surface area contributed by atoms with Crippen LogP contribution in [0.1, 0.15) is 16.9 Å². The molecule has 1 heterocycles. The molecule has 4 heteroatoms. The quantitative estimate of drug-likeness (QED) is 0.753. The fourth-order valence-electron chi connectivity index (χ4n) is 0.964. The molecule has 3 nitrogen and oxygen atoms in total. The molecule has 0 amide bonds. The molecule has 0 aliphatic rings. The minimum Gasteiger partial charge on any atom is -0.359 e. The van der Waals surface area contributed by atoms with Crippen LogP contribution in [0.5, 0.6) is 0 Å². The van der Waals surface area contributed by atoms with Crippen molar-refractivity contribution in [1.82, 2.24) is 9.88 Å². The van der Waals surface area contributed by atoms with E-state index in [0.717, 1.165) is 6.54 Å². The van der Waals surface area contributed by atoms with Gasteiger partial charge in [0.2, 0.25) is 0 Å². The second kappa shape index (κ2) is 5.78. The van der Waals surface area contributed by atoms with Gasteiger partial charge in [-0.2, -0.15) is 0 Å². The Balaban J connectivity index is 0.00000144. The number of nitrogens with zero attached hydrogens (tertiary/aromatic N) is 1. The lowest BCUT2D eigenvalue weighted by Gasteiger charge is -2.06. The molecule has 0 aliphatic carbocycles. The minimum absolute atomic E-state index is 0. The number of rotatable bonds is 4. The van der Waals surface area contributed by atoms with Crippen molar-refractivity contribution in [3.63, 3.8) is 0 Å². The average molecular weight is 203 g/mol. The van der Waals surface area contributed by atoms with Crippen LogP contribution >= 0.6 is 12.4 Å². The van der Waals surface area contributed by atoms with Crippen LogP contribution in [0.2, 0.25) is 0 Å². The van der Waals surface area contributed by atoms with Crippen LogP contribution in [0, 0.1) is 0 Å². The third kappa shape index (κ3) is 4.10. The summed E-state index contributed by atoms with van der Waals surface area (Å²) in [6.45, 7) is 0.803. The van der Waals surface area contributed by atoms with Crippen LogP contribution in [-0.4, -0.2) is 36.3 Å². The molecule has 0 fully saturated rings. The van der Waals surface area contributed by atoms with Crippen LogP contribution in [-0.2, 0) is 0 Å². The van der Waals surface area contributed by atoms with Crippen molar-refractivity contribution in [2.75, 3.05) is 20.6 Å². The number of ketones is 1. The highest BCUT2D eigenvalue weighted by molar-refractivity contribution is 5.94. The molecule has 74 valence electrons. The number of hydrogen-bond acceptors (Lipinski definition) is 2. The molecule has 0 atom stereocenters. The fraction of sp³-hybridized carbons (Fsp3) is 0.444. The third-order valence-corrected chi connectivity index (χ3v) is 1.68. The molecule has 0 aromatic carbocycles. The van der Waals surface area contributed by atoms with Gasteiger partial charge in [-0.25, -0.2) is 0 Å². The van der Waals surface area contributed by atoms with Gasteiger partial charge in [-0.1, -0.05) is 0 Å². The molecular formula is C9H15ClN2O. The third-order valence-electron chi connectivity index (χ3n) is 1.68. The molecule has 0 radical (unpaired) electrons. The minimum atomic E-state index is 0. The van der Waals surface area contributed by atoms with E-state index < -0.39 is 0 Å². The number of H-pyrrole nitrogens is 1. The van der Waals surface area contributed by atoms with E-state index in [-0.39, 0.29) is 18.2 Å². The number of nitrogens with one attached hydrogen (secondary N) is 1. The van der Waals surface area contributed by atoms with Crippen molar-refractivity contribution >= 4 is 18.2 Å². The lowest BCUT2D eigenvalue weighted by atomic mass is 10.2. The summed E-state index contributed by atoms with van der Waals surface area (Å²) >= 11 is 0. The lowest BCUT2D eigenvalue weighted by Crippen LogP contribution is -2.16. The van der Waals surface area contributed by atoms with Crippen LogP contribution in [0.15, 0.2) is 18.3 Å². The molecule has 0 unspecified atom stereocenters. The van der Waals surface area contributed by atoms with Gasteiger partial charge in [0.05, 0.1) is 5.69 Å². The van der Waals surface area contributed by atoms with E-state index in [1.54, 1.807) is 12.3 Å². The Morgan fingerprint density at radius 3 is 2.69 bits per heavy atom. The fourth-order valence-corrected chi connectivity index (χ4v) is 0.964. The molecule has 0 saturated heterocycles. The van der Waals surface area contributed by atoms with Gasteiger partial charge in [0.25, 0.3) is 0 Å². The number of carbonyl (C=O) groups is 1. The van der Waals surface area contributed by atoms with Crippen molar-refractivity contribution in [3.8, 4) is 0 Å². The van der Waals surface area contributed by atoms with Gasteiger partial charge in [-0.05, 0) is 26.2 Å². The summed E-state index contributed by atoms with van der Waals surface area (Å²) in [5, 5.41) is 0. The summed E-state index contributed by atoms with van der Waals surface area (Å²) in [6, 6.07) is 3.64. The molecule has 0 spiro atoms. The number of aromatic amines is 1. The monoisotopic (exact) mass is 202 g/mol. The molecule has 0 saturated carbocycles. The zero-order valence-electron chi connectivity index (χ0n) is 7.91. The normalized spacial score (nSPS) is 9.77. The standard InChI is InChI=1S/C9H14N2O.ClH/c1-11(2)7-5-9(12)8-4-3-6-10-8;/h3-4,6,10H,5,7H2,1-2H3;1H. The Morgan fingerprint density at radius 2 is 2.23 bits per heavy atom. The molecular weight excluding hydrogens is 188 g/mol. The molecule has 1 N–H and O–H groups in total. The Labute approximate surface area is 84.5 Å². The summed E-state index contributed by atoms with van der Waals surface area (Å²) in [7, 11) is 3.92. The number of halogens is 1. The first-order valence-electron chi connectivity index (χ1n) is 4.01. The average Bonchev–Trinajstić information content (AvgIpc) is 2.51. The number of hydrogen-bond donors (Lipinski definition) is 1. The first-order valence-corrected chi connectivity index (χ1v) is 4.01. The Morgan fingerprint density at radius 1 is 1.54 bits per heavy atom. The highest BCUT2D eigenvalue weighted by atomic mass is 35.5. The van der Waals surface area contributed by atoms with E-state index >= 15 is 0 Å². The largest absolute Gasteiger partial charge is 0.359 e. The van der Waals surface area contributed by atoms with Gasteiger partial charge in [0.15, 0.2) is 5.78 Å². The van der Waals surface area contributed by atoms with E-state index in [9.17, 15) is 4.79 Å². The summed E-state index contributed by atoms with van der Waals surface area (Å²) in [6.07, 6.45) is 2.34. The maximum absolute atomic E-state index is 11.4. The van der Waals surface area contributed by atoms with E-state index in [4.69, 9.17) is 0 Å². The van der Waals surface area contributed by atoms with Crippen LogP contribution in [0.3, 0.4) is 0 Å². The van der Waals surface area contributed by atoms with Gasteiger partial charge in [0, 0.05) is 19.2 Å². The number of aromatic nitrogens is 1. The van der Waals surface area contributed by atoms with Gasteiger partial charge < -0.3 is 9.88 Å². The van der Waals surface area contributed by atoms with Crippen molar-refractivity contribution in [2.45, 2.75) is 6.42 Å². The summed E-state index contributed by atoms with van der Waals surface area (Å²) in [5.41, 5.74) is 0.705. The SMILES string of the molecule is CN(C)CCC(=O)c1ccc[nH]1.Cl. The van der Waals surface area contributed by atoms with Crippen molar-refractivity contribution < 1.29 is 4.79 Å². The highest BCUT2D eigenvalue weighted by Crippen LogP contribution is 1.99. The molecule has 1 aromatic heterocycles. The van der Waals surface area contributed by atoms with Crippen LogP contribution in [0.25, 0.3) is 0 Å². The smallest absolute Gasteiger partial charge is 0.180 e. The second-order valence-electron chi connectivity index (χ2n) is 3.06. The van der Waals surface area contributed by atoms with Gasteiger partial charge in [0.1, 0.15) is 0 Å². The van der Waals surface area contributed by atoms with Gasteiger partial charge in [-0.3, -0.25) is 4.79 Å². The molecule has 1 rings (SSSR count). The zero-order chi connectivity index (χ0) is 8.97. The van der Waals surface area contributed by atoms with Crippen molar-refractivity contribution in [2.24, 2.45) is 0 Å². The molecule has 0 aliphatic heterocycles. The lowest BCUT2D eigenvalue weighted by molar-refractivity contribution is 0.0968. The topological polar surface area (TPSA) is 36.1 Å². The van der Waals surface area contributed by atoms with Gasteiger partial charge >= 0.3 is 0 Å². The molecule has 1 aromatic rings. The maximum atomic E-state index is 11.4. The Hall–Kier alpha value is -0.800.